The Morgan fingerprint density at radius 2 is 2.06 bits per heavy atom. The second kappa shape index (κ2) is 5.66. The molecule has 1 rings (SSSR count). The molecule has 1 atom stereocenters. The molecule has 0 saturated carbocycles. The Kier molecular flexibility index (Phi) is 4.77. The predicted molar refractivity (Wildman–Crippen MR) is 68.8 cm³/mol. The predicted octanol–water partition coefficient (Wildman–Crippen LogP) is 2.57. The lowest BCUT2D eigenvalue weighted by molar-refractivity contribution is 0.186. The average Bonchev–Trinajstić information content (AvgIpc) is 2.26. The van der Waals surface area contributed by atoms with Crippen LogP contribution >= 0.6 is 15.9 Å². The molecule has 1 unspecified atom stereocenters. The average molecular weight is 288 g/mol. The molecule has 1 aromatic rings. The molecule has 0 aliphatic heterocycles. The van der Waals surface area contributed by atoms with E-state index in [-0.39, 0.29) is 6.54 Å². The molecular weight excluding hydrogens is 270 g/mol. The summed E-state index contributed by atoms with van der Waals surface area (Å²) in [5.74, 6) is 1.14. The fourth-order valence-electron chi connectivity index (χ4n) is 1.67. The second-order valence-electron chi connectivity index (χ2n) is 4.02. The molecule has 0 amide bonds. The quantitative estimate of drug-likeness (QED) is 0.895. The van der Waals surface area contributed by atoms with Crippen molar-refractivity contribution in [2.45, 2.75) is 25.9 Å². The molecule has 0 aliphatic rings. The number of ether oxygens (including phenoxy) is 1. The first kappa shape index (κ1) is 13.5. The van der Waals surface area contributed by atoms with Crippen molar-refractivity contribution in [2.75, 3.05) is 13.7 Å². The summed E-state index contributed by atoms with van der Waals surface area (Å²) in [5, 5.41) is 9.70. The maximum atomic E-state index is 9.70. The molecule has 0 bridgehead atoms. The van der Waals surface area contributed by atoms with Gasteiger partial charge in [-0.3, -0.25) is 0 Å². The second-order valence-corrected chi connectivity index (χ2v) is 4.88. The maximum Gasteiger partial charge on any atom is 0.123 e. The first-order valence-corrected chi connectivity index (χ1v) is 6.06. The number of rotatable bonds is 4. The summed E-state index contributed by atoms with van der Waals surface area (Å²) in [6.07, 6.45) is -0.647. The number of benzene rings is 1. The van der Waals surface area contributed by atoms with Crippen LogP contribution in [0.25, 0.3) is 0 Å². The SMILES string of the molecule is COc1cc(C(O)CN)cc(Br)c1C(C)C. The van der Waals surface area contributed by atoms with E-state index < -0.39 is 6.10 Å². The zero-order valence-electron chi connectivity index (χ0n) is 9.83. The van der Waals surface area contributed by atoms with Gasteiger partial charge in [-0.05, 0) is 23.6 Å². The van der Waals surface area contributed by atoms with E-state index in [1.165, 1.54) is 0 Å². The highest BCUT2D eigenvalue weighted by Crippen LogP contribution is 2.36. The molecule has 0 radical (unpaired) electrons. The number of methoxy groups -OCH3 is 1. The van der Waals surface area contributed by atoms with Crippen LogP contribution in [0.4, 0.5) is 0 Å². The van der Waals surface area contributed by atoms with Gasteiger partial charge in [-0.2, -0.15) is 0 Å². The van der Waals surface area contributed by atoms with Gasteiger partial charge < -0.3 is 15.6 Å². The largest absolute Gasteiger partial charge is 0.496 e. The number of halogens is 1. The van der Waals surface area contributed by atoms with Crippen molar-refractivity contribution in [3.8, 4) is 5.75 Å². The number of aliphatic hydroxyl groups is 1. The van der Waals surface area contributed by atoms with Gasteiger partial charge in [-0.1, -0.05) is 29.8 Å². The summed E-state index contributed by atoms with van der Waals surface area (Å²) in [6.45, 7) is 4.40. The standard InChI is InChI=1S/C12H18BrNO2/c1-7(2)12-9(13)4-8(10(15)6-14)5-11(12)16-3/h4-5,7,10,15H,6,14H2,1-3H3. The van der Waals surface area contributed by atoms with Crippen LogP contribution in [0.3, 0.4) is 0 Å². The molecule has 0 fully saturated rings. The Morgan fingerprint density at radius 1 is 1.44 bits per heavy atom. The van der Waals surface area contributed by atoms with E-state index in [2.05, 4.69) is 29.8 Å². The van der Waals surface area contributed by atoms with Crippen LogP contribution in [0.15, 0.2) is 16.6 Å². The van der Waals surface area contributed by atoms with Crippen molar-refractivity contribution >= 4 is 15.9 Å². The fraction of sp³-hybridized carbons (Fsp3) is 0.500. The van der Waals surface area contributed by atoms with E-state index in [9.17, 15) is 5.11 Å². The third-order valence-corrected chi connectivity index (χ3v) is 3.18. The minimum absolute atomic E-state index is 0.205. The van der Waals surface area contributed by atoms with E-state index >= 15 is 0 Å². The van der Waals surface area contributed by atoms with Crippen molar-refractivity contribution in [3.63, 3.8) is 0 Å². The topological polar surface area (TPSA) is 55.5 Å². The van der Waals surface area contributed by atoms with Gasteiger partial charge >= 0.3 is 0 Å². The summed E-state index contributed by atoms with van der Waals surface area (Å²) in [7, 11) is 1.63. The van der Waals surface area contributed by atoms with Crippen LogP contribution in [0.1, 0.15) is 37.0 Å². The summed E-state index contributed by atoms with van der Waals surface area (Å²) in [6, 6.07) is 3.74. The van der Waals surface area contributed by atoms with Crippen LogP contribution in [0, 0.1) is 0 Å². The summed E-state index contributed by atoms with van der Waals surface area (Å²) < 4.78 is 6.29. The van der Waals surface area contributed by atoms with Crippen LogP contribution in [0.2, 0.25) is 0 Å². The lowest BCUT2D eigenvalue weighted by Gasteiger charge is -2.17. The molecule has 0 saturated heterocycles. The van der Waals surface area contributed by atoms with Crippen LogP contribution < -0.4 is 10.5 Å². The molecule has 0 heterocycles. The van der Waals surface area contributed by atoms with Gasteiger partial charge in [0, 0.05) is 16.6 Å². The highest BCUT2D eigenvalue weighted by Gasteiger charge is 2.16. The molecule has 90 valence electrons. The Bertz CT molecular complexity index is 366. The van der Waals surface area contributed by atoms with Gasteiger partial charge in [0.05, 0.1) is 13.2 Å². The fourth-order valence-corrected chi connectivity index (χ4v) is 2.59. The van der Waals surface area contributed by atoms with Crippen molar-refractivity contribution in [1.82, 2.24) is 0 Å². The van der Waals surface area contributed by atoms with Gasteiger partial charge in [0.15, 0.2) is 0 Å². The van der Waals surface area contributed by atoms with Crippen molar-refractivity contribution in [1.29, 1.82) is 0 Å². The van der Waals surface area contributed by atoms with E-state index in [1.54, 1.807) is 7.11 Å². The summed E-state index contributed by atoms with van der Waals surface area (Å²) in [4.78, 5) is 0. The normalized spacial score (nSPS) is 12.9. The number of hydrogen-bond acceptors (Lipinski definition) is 3. The van der Waals surface area contributed by atoms with Gasteiger partial charge in [-0.25, -0.2) is 0 Å². The Balaban J connectivity index is 3.26. The van der Waals surface area contributed by atoms with Gasteiger partial charge in [0.25, 0.3) is 0 Å². The molecule has 16 heavy (non-hydrogen) atoms. The third kappa shape index (κ3) is 2.75. The van der Waals surface area contributed by atoms with E-state index in [0.717, 1.165) is 21.3 Å². The first-order chi connectivity index (χ1) is 7.51. The lowest BCUT2D eigenvalue weighted by Crippen LogP contribution is -2.12. The zero-order valence-corrected chi connectivity index (χ0v) is 11.4. The van der Waals surface area contributed by atoms with Gasteiger partial charge in [-0.15, -0.1) is 0 Å². The van der Waals surface area contributed by atoms with Crippen molar-refractivity contribution in [3.05, 3.63) is 27.7 Å². The number of hydrogen-bond donors (Lipinski definition) is 2. The molecular formula is C12H18BrNO2. The Morgan fingerprint density at radius 3 is 2.50 bits per heavy atom. The molecule has 0 spiro atoms. The number of nitrogens with two attached hydrogens (primary N) is 1. The van der Waals surface area contributed by atoms with Crippen LogP contribution in [-0.2, 0) is 0 Å². The van der Waals surface area contributed by atoms with Crippen LogP contribution in [-0.4, -0.2) is 18.8 Å². The van der Waals surface area contributed by atoms with Crippen LogP contribution in [0.5, 0.6) is 5.75 Å². The smallest absolute Gasteiger partial charge is 0.123 e. The lowest BCUT2D eigenvalue weighted by atomic mass is 9.98. The molecule has 3 N–H and O–H groups in total. The molecule has 0 aliphatic carbocycles. The Hall–Kier alpha value is -0.580. The van der Waals surface area contributed by atoms with Gasteiger partial charge in [0.1, 0.15) is 5.75 Å². The van der Waals surface area contributed by atoms with Crippen molar-refractivity contribution in [2.24, 2.45) is 5.73 Å². The minimum Gasteiger partial charge on any atom is -0.496 e. The molecule has 3 nitrogen and oxygen atoms in total. The monoisotopic (exact) mass is 287 g/mol. The van der Waals surface area contributed by atoms with E-state index in [1.807, 2.05) is 12.1 Å². The zero-order chi connectivity index (χ0) is 12.3. The highest BCUT2D eigenvalue weighted by molar-refractivity contribution is 9.10. The van der Waals surface area contributed by atoms with E-state index in [0.29, 0.717) is 5.92 Å². The van der Waals surface area contributed by atoms with Gasteiger partial charge in [0.2, 0.25) is 0 Å². The Labute approximate surface area is 105 Å². The molecule has 0 aromatic heterocycles. The summed E-state index contributed by atoms with van der Waals surface area (Å²) >= 11 is 3.50. The van der Waals surface area contributed by atoms with E-state index in [4.69, 9.17) is 10.5 Å². The molecule has 4 heteroatoms. The molecule has 1 aromatic carbocycles. The maximum absolute atomic E-state index is 9.70. The highest BCUT2D eigenvalue weighted by atomic mass is 79.9. The van der Waals surface area contributed by atoms with Crippen molar-refractivity contribution < 1.29 is 9.84 Å². The third-order valence-electron chi connectivity index (χ3n) is 2.52. The minimum atomic E-state index is -0.647. The summed E-state index contributed by atoms with van der Waals surface area (Å²) in [5.41, 5.74) is 7.32. The number of aliphatic hydroxyl groups excluding tert-OH is 1. The first-order valence-electron chi connectivity index (χ1n) is 5.26.